The summed E-state index contributed by atoms with van der Waals surface area (Å²) in [5.41, 5.74) is 1.11. The maximum absolute atomic E-state index is 12.7. The quantitative estimate of drug-likeness (QED) is 0.757. The number of aryl methyl sites for hydroxylation is 1. The van der Waals surface area contributed by atoms with Gasteiger partial charge >= 0.3 is 5.97 Å². The molecule has 1 aliphatic heterocycles. The molecular formula is C16H25ClN2O4S. The monoisotopic (exact) mass is 376 g/mol. The highest BCUT2D eigenvalue weighted by Crippen LogP contribution is 2.23. The summed E-state index contributed by atoms with van der Waals surface area (Å²) in [6.07, 6.45) is 2.58. The second-order valence-corrected chi connectivity index (χ2v) is 7.83. The standard InChI is InChI=1S/C16H24N2O4S.ClH/c1-2-13-5-7-15(8-6-13)23(21,22)18-9-3-4-14(12-18)10-17-11-16(19)20;/h5-8,14,17H,2-4,9-12H2,1H3,(H,19,20);1H. The van der Waals surface area contributed by atoms with E-state index in [9.17, 15) is 13.2 Å². The SMILES string of the molecule is CCc1ccc(S(=O)(=O)N2CCCC(CNCC(=O)O)C2)cc1.Cl. The van der Waals surface area contributed by atoms with Crippen LogP contribution in [0, 0.1) is 5.92 Å². The Balaban J connectivity index is 0.00000288. The number of piperidine rings is 1. The van der Waals surface area contributed by atoms with Gasteiger partial charge in [-0.15, -0.1) is 12.4 Å². The minimum atomic E-state index is -3.47. The molecule has 0 aliphatic carbocycles. The smallest absolute Gasteiger partial charge is 0.317 e. The third kappa shape index (κ3) is 5.44. The molecule has 1 aromatic rings. The molecule has 1 aromatic carbocycles. The fraction of sp³-hybridized carbons (Fsp3) is 0.562. The van der Waals surface area contributed by atoms with Crippen molar-refractivity contribution in [3.63, 3.8) is 0 Å². The molecule has 1 heterocycles. The zero-order chi connectivity index (χ0) is 16.9. The van der Waals surface area contributed by atoms with Crippen LogP contribution in [0.2, 0.25) is 0 Å². The van der Waals surface area contributed by atoms with Crippen molar-refractivity contribution in [2.75, 3.05) is 26.2 Å². The number of benzene rings is 1. The lowest BCUT2D eigenvalue weighted by Gasteiger charge is -2.32. The summed E-state index contributed by atoms with van der Waals surface area (Å²) in [6.45, 7) is 3.41. The molecule has 0 aromatic heterocycles. The number of aliphatic carboxylic acids is 1. The normalized spacial score (nSPS) is 18.8. The average molecular weight is 377 g/mol. The summed E-state index contributed by atoms with van der Waals surface area (Å²) < 4.78 is 27.0. The molecule has 2 N–H and O–H groups in total. The van der Waals surface area contributed by atoms with E-state index in [0.29, 0.717) is 24.5 Å². The second-order valence-electron chi connectivity index (χ2n) is 5.89. The van der Waals surface area contributed by atoms with Gasteiger partial charge in [0.1, 0.15) is 0 Å². The predicted molar refractivity (Wildman–Crippen MR) is 95.1 cm³/mol. The van der Waals surface area contributed by atoms with Crippen LogP contribution in [0.25, 0.3) is 0 Å². The van der Waals surface area contributed by atoms with Crippen molar-refractivity contribution >= 4 is 28.4 Å². The Bertz CT molecular complexity index is 634. The summed E-state index contributed by atoms with van der Waals surface area (Å²) >= 11 is 0. The maximum atomic E-state index is 12.7. The zero-order valence-electron chi connectivity index (χ0n) is 13.8. The van der Waals surface area contributed by atoms with E-state index >= 15 is 0 Å². The van der Waals surface area contributed by atoms with Crippen LogP contribution in [-0.2, 0) is 21.2 Å². The van der Waals surface area contributed by atoms with E-state index < -0.39 is 16.0 Å². The van der Waals surface area contributed by atoms with E-state index in [1.54, 1.807) is 12.1 Å². The highest BCUT2D eigenvalue weighted by atomic mass is 35.5. The predicted octanol–water partition coefficient (Wildman–Crippen LogP) is 1.75. The number of carboxylic acids is 1. The molecule has 0 saturated carbocycles. The molecule has 0 amide bonds. The van der Waals surface area contributed by atoms with Gasteiger partial charge in [0.2, 0.25) is 10.0 Å². The molecule has 1 fully saturated rings. The topological polar surface area (TPSA) is 86.7 Å². The lowest BCUT2D eigenvalue weighted by atomic mass is 10.00. The summed E-state index contributed by atoms with van der Waals surface area (Å²) in [6, 6.07) is 7.03. The number of rotatable bonds is 7. The lowest BCUT2D eigenvalue weighted by molar-refractivity contribution is -0.136. The maximum Gasteiger partial charge on any atom is 0.317 e. The molecule has 136 valence electrons. The second kappa shape index (κ2) is 9.36. The molecule has 6 nitrogen and oxygen atoms in total. The molecule has 0 radical (unpaired) electrons. The van der Waals surface area contributed by atoms with Crippen molar-refractivity contribution < 1.29 is 18.3 Å². The lowest BCUT2D eigenvalue weighted by Crippen LogP contribution is -2.43. The number of nitrogens with zero attached hydrogens (tertiary/aromatic N) is 1. The van der Waals surface area contributed by atoms with Crippen LogP contribution < -0.4 is 5.32 Å². The van der Waals surface area contributed by atoms with Crippen LogP contribution in [0.3, 0.4) is 0 Å². The van der Waals surface area contributed by atoms with Crippen molar-refractivity contribution in [2.45, 2.75) is 31.1 Å². The van der Waals surface area contributed by atoms with Crippen LogP contribution in [0.5, 0.6) is 0 Å². The molecule has 1 atom stereocenters. The third-order valence-corrected chi connectivity index (χ3v) is 6.04. The van der Waals surface area contributed by atoms with Crippen molar-refractivity contribution in [3.8, 4) is 0 Å². The fourth-order valence-electron chi connectivity index (χ4n) is 2.84. The molecule has 8 heteroatoms. The van der Waals surface area contributed by atoms with Gasteiger partial charge in [0, 0.05) is 13.1 Å². The third-order valence-electron chi connectivity index (χ3n) is 4.16. The highest BCUT2D eigenvalue weighted by molar-refractivity contribution is 7.89. The van der Waals surface area contributed by atoms with Gasteiger partial charge in [-0.3, -0.25) is 4.79 Å². The van der Waals surface area contributed by atoms with Gasteiger partial charge in [0.15, 0.2) is 0 Å². The van der Waals surface area contributed by atoms with Gasteiger partial charge in [-0.1, -0.05) is 19.1 Å². The summed E-state index contributed by atoms with van der Waals surface area (Å²) in [4.78, 5) is 10.9. The molecule has 24 heavy (non-hydrogen) atoms. The van der Waals surface area contributed by atoms with Gasteiger partial charge in [0.25, 0.3) is 0 Å². The minimum Gasteiger partial charge on any atom is -0.480 e. The van der Waals surface area contributed by atoms with E-state index in [1.807, 2.05) is 19.1 Å². The number of sulfonamides is 1. The zero-order valence-corrected chi connectivity index (χ0v) is 15.4. The van der Waals surface area contributed by atoms with Crippen molar-refractivity contribution in [3.05, 3.63) is 29.8 Å². The van der Waals surface area contributed by atoms with Crippen molar-refractivity contribution in [2.24, 2.45) is 5.92 Å². The average Bonchev–Trinajstić information content (AvgIpc) is 2.55. The Morgan fingerprint density at radius 3 is 2.58 bits per heavy atom. The highest BCUT2D eigenvalue weighted by Gasteiger charge is 2.30. The summed E-state index contributed by atoms with van der Waals surface area (Å²) in [7, 11) is -3.47. The Morgan fingerprint density at radius 1 is 1.33 bits per heavy atom. The largest absolute Gasteiger partial charge is 0.480 e. The Labute approximate surface area is 149 Å². The van der Waals surface area contributed by atoms with E-state index in [2.05, 4.69) is 5.32 Å². The number of hydrogen-bond donors (Lipinski definition) is 2. The first-order chi connectivity index (χ1) is 10.9. The summed E-state index contributed by atoms with van der Waals surface area (Å²) in [5, 5.41) is 11.5. The van der Waals surface area contributed by atoms with Gasteiger partial charge in [-0.25, -0.2) is 8.42 Å². The van der Waals surface area contributed by atoms with Crippen LogP contribution in [-0.4, -0.2) is 50.0 Å². The van der Waals surface area contributed by atoms with E-state index in [4.69, 9.17) is 5.11 Å². The van der Waals surface area contributed by atoms with Crippen LogP contribution >= 0.6 is 12.4 Å². The molecule has 2 rings (SSSR count). The first-order valence-electron chi connectivity index (χ1n) is 7.95. The van der Waals surface area contributed by atoms with Gasteiger partial charge in [0.05, 0.1) is 11.4 Å². The minimum absolute atomic E-state index is 0. The Morgan fingerprint density at radius 2 is 2.00 bits per heavy atom. The van der Waals surface area contributed by atoms with Crippen LogP contribution in [0.4, 0.5) is 0 Å². The van der Waals surface area contributed by atoms with Crippen LogP contribution in [0.1, 0.15) is 25.3 Å². The molecule has 1 unspecified atom stereocenters. The van der Waals surface area contributed by atoms with Crippen molar-refractivity contribution in [1.29, 1.82) is 0 Å². The Hall–Kier alpha value is -1.15. The number of carbonyl (C=O) groups is 1. The Kier molecular flexibility index (Phi) is 8.15. The van der Waals surface area contributed by atoms with E-state index in [-0.39, 0.29) is 24.9 Å². The molecule has 0 bridgehead atoms. The molecule has 1 aliphatic rings. The molecular weight excluding hydrogens is 352 g/mol. The first kappa shape index (κ1) is 20.9. The molecule has 1 saturated heterocycles. The van der Waals surface area contributed by atoms with E-state index in [0.717, 1.165) is 24.8 Å². The van der Waals surface area contributed by atoms with Gasteiger partial charge < -0.3 is 10.4 Å². The first-order valence-corrected chi connectivity index (χ1v) is 9.39. The van der Waals surface area contributed by atoms with Crippen molar-refractivity contribution in [1.82, 2.24) is 9.62 Å². The van der Waals surface area contributed by atoms with E-state index in [1.165, 1.54) is 4.31 Å². The number of halogens is 1. The van der Waals surface area contributed by atoms with Gasteiger partial charge in [-0.05, 0) is 49.4 Å². The summed E-state index contributed by atoms with van der Waals surface area (Å²) in [5.74, 6) is -0.755. The van der Waals surface area contributed by atoms with Crippen LogP contribution in [0.15, 0.2) is 29.2 Å². The van der Waals surface area contributed by atoms with Gasteiger partial charge in [-0.2, -0.15) is 4.31 Å². The number of carboxylic acid groups (broad SMARTS) is 1. The number of nitrogens with one attached hydrogen (secondary N) is 1. The fourth-order valence-corrected chi connectivity index (χ4v) is 4.40. The molecule has 0 spiro atoms. The number of hydrogen-bond acceptors (Lipinski definition) is 4.